The van der Waals surface area contributed by atoms with E-state index in [2.05, 4.69) is 9.97 Å². The zero-order chi connectivity index (χ0) is 11.8. The average Bonchev–Trinajstić information content (AvgIpc) is 2.66. The summed E-state index contributed by atoms with van der Waals surface area (Å²) in [6.45, 7) is 0.428. The van der Waals surface area contributed by atoms with Crippen molar-refractivity contribution in [3.63, 3.8) is 0 Å². The summed E-state index contributed by atoms with van der Waals surface area (Å²) in [6.07, 6.45) is 2.18. The molecule has 1 fully saturated rings. The van der Waals surface area contributed by atoms with Crippen LogP contribution in [0.1, 0.15) is 6.42 Å². The molecule has 8 heteroatoms. The highest BCUT2D eigenvalue weighted by Crippen LogP contribution is 2.20. The summed E-state index contributed by atoms with van der Waals surface area (Å²) in [7, 11) is -3.60. The maximum Gasteiger partial charge on any atom is 0.246 e. The van der Waals surface area contributed by atoms with Crippen molar-refractivity contribution in [3.05, 3.63) is 17.7 Å². The second kappa shape index (κ2) is 4.25. The van der Waals surface area contributed by atoms with Crippen LogP contribution in [0, 0.1) is 0 Å². The van der Waals surface area contributed by atoms with E-state index in [0.717, 1.165) is 12.4 Å². The monoisotopic (exact) mass is 263 g/mol. The van der Waals surface area contributed by atoms with Gasteiger partial charge in [0, 0.05) is 13.1 Å². The molecule has 2 heterocycles. The lowest BCUT2D eigenvalue weighted by Crippen LogP contribution is -2.29. The Labute approximate surface area is 97.9 Å². The Balaban J connectivity index is 2.29. The van der Waals surface area contributed by atoms with Crippen molar-refractivity contribution < 1.29 is 13.5 Å². The molecule has 1 aliphatic rings. The largest absolute Gasteiger partial charge is 0.392 e. The topological polar surface area (TPSA) is 83.4 Å². The molecule has 0 radical (unpaired) electrons. The molecule has 1 aliphatic heterocycles. The lowest BCUT2D eigenvalue weighted by molar-refractivity contribution is 0.189. The van der Waals surface area contributed by atoms with Crippen LogP contribution in [0.15, 0.2) is 17.3 Å². The van der Waals surface area contributed by atoms with Crippen molar-refractivity contribution in [1.82, 2.24) is 14.3 Å². The molecule has 0 saturated carbocycles. The summed E-state index contributed by atoms with van der Waals surface area (Å²) >= 11 is 5.47. The summed E-state index contributed by atoms with van der Waals surface area (Å²) in [5.74, 6) is 0. The Bertz CT molecular complexity index is 476. The maximum atomic E-state index is 12.0. The third-order valence-electron chi connectivity index (χ3n) is 2.36. The summed E-state index contributed by atoms with van der Waals surface area (Å²) in [4.78, 5) is 7.24. The Morgan fingerprint density at radius 3 is 2.56 bits per heavy atom. The molecule has 1 N–H and O–H groups in total. The van der Waals surface area contributed by atoms with Gasteiger partial charge in [0.05, 0.1) is 18.5 Å². The molecule has 1 aromatic rings. The molecule has 2 rings (SSSR count). The number of halogens is 1. The molecule has 0 amide bonds. The third kappa shape index (κ3) is 2.17. The minimum atomic E-state index is -3.60. The van der Waals surface area contributed by atoms with Crippen LogP contribution in [-0.2, 0) is 10.0 Å². The third-order valence-corrected chi connectivity index (χ3v) is 4.37. The Kier molecular flexibility index (Phi) is 3.11. The predicted molar refractivity (Wildman–Crippen MR) is 56.4 cm³/mol. The number of hydrogen-bond acceptors (Lipinski definition) is 5. The standard InChI is InChI=1S/C8H10ClN3O3S/c9-8-10-3-7(4-11-8)16(14,15)12-2-1-6(13)5-12/h3-4,6,13H,1-2,5H2. The van der Waals surface area contributed by atoms with E-state index in [0.29, 0.717) is 13.0 Å². The van der Waals surface area contributed by atoms with Gasteiger partial charge in [-0.15, -0.1) is 0 Å². The van der Waals surface area contributed by atoms with Gasteiger partial charge >= 0.3 is 0 Å². The van der Waals surface area contributed by atoms with Gasteiger partial charge in [-0.1, -0.05) is 0 Å². The molecular formula is C8H10ClN3O3S. The molecule has 1 aromatic heterocycles. The van der Waals surface area contributed by atoms with Gasteiger partial charge in [-0.25, -0.2) is 18.4 Å². The fourth-order valence-electron chi connectivity index (χ4n) is 1.51. The highest BCUT2D eigenvalue weighted by Gasteiger charge is 2.31. The summed E-state index contributed by atoms with van der Waals surface area (Å²) < 4.78 is 25.2. The van der Waals surface area contributed by atoms with Crippen molar-refractivity contribution in [2.75, 3.05) is 13.1 Å². The summed E-state index contributed by atoms with van der Waals surface area (Å²) in [5, 5.41) is 9.30. The van der Waals surface area contributed by atoms with Crippen LogP contribution in [0.5, 0.6) is 0 Å². The van der Waals surface area contributed by atoms with E-state index in [1.807, 2.05) is 0 Å². The van der Waals surface area contributed by atoms with Gasteiger partial charge in [-0.2, -0.15) is 4.31 Å². The zero-order valence-electron chi connectivity index (χ0n) is 8.24. The molecule has 0 aliphatic carbocycles. The van der Waals surface area contributed by atoms with Gasteiger partial charge in [0.1, 0.15) is 4.90 Å². The molecule has 1 atom stereocenters. The average molecular weight is 264 g/mol. The number of rotatable bonds is 2. The quantitative estimate of drug-likeness (QED) is 0.753. The molecule has 0 spiro atoms. The molecule has 1 saturated heterocycles. The number of sulfonamides is 1. The number of β-amino-alcohol motifs (C(OH)–C–C–N with tert-alkyl or cyclic N) is 1. The Morgan fingerprint density at radius 1 is 1.44 bits per heavy atom. The van der Waals surface area contributed by atoms with Crippen LogP contribution >= 0.6 is 11.6 Å². The first-order valence-electron chi connectivity index (χ1n) is 4.66. The second-order valence-corrected chi connectivity index (χ2v) is 5.77. The highest BCUT2D eigenvalue weighted by molar-refractivity contribution is 7.89. The van der Waals surface area contributed by atoms with Crippen LogP contribution in [0.2, 0.25) is 5.28 Å². The van der Waals surface area contributed by atoms with Crippen LogP contribution in [0.4, 0.5) is 0 Å². The van der Waals surface area contributed by atoms with Gasteiger partial charge < -0.3 is 5.11 Å². The van der Waals surface area contributed by atoms with Crippen molar-refractivity contribution in [2.24, 2.45) is 0 Å². The minimum Gasteiger partial charge on any atom is -0.392 e. The van der Waals surface area contributed by atoms with Crippen LogP contribution in [-0.4, -0.2) is 47.0 Å². The van der Waals surface area contributed by atoms with Crippen LogP contribution in [0.25, 0.3) is 0 Å². The van der Waals surface area contributed by atoms with Gasteiger partial charge in [0.2, 0.25) is 15.3 Å². The second-order valence-electron chi connectivity index (χ2n) is 3.49. The Morgan fingerprint density at radius 2 is 2.06 bits per heavy atom. The summed E-state index contributed by atoms with van der Waals surface area (Å²) in [6, 6.07) is 0. The number of aliphatic hydroxyl groups excluding tert-OH is 1. The molecular weight excluding hydrogens is 254 g/mol. The van der Waals surface area contributed by atoms with Crippen LogP contribution in [0.3, 0.4) is 0 Å². The van der Waals surface area contributed by atoms with Crippen molar-refractivity contribution >= 4 is 21.6 Å². The first kappa shape index (κ1) is 11.7. The first-order chi connectivity index (χ1) is 7.50. The van der Waals surface area contributed by atoms with Crippen LogP contribution < -0.4 is 0 Å². The first-order valence-corrected chi connectivity index (χ1v) is 6.48. The lowest BCUT2D eigenvalue weighted by Gasteiger charge is -2.14. The predicted octanol–water partition coefficient (Wildman–Crippen LogP) is -0.115. The molecule has 88 valence electrons. The van der Waals surface area contributed by atoms with Gasteiger partial charge in [0.15, 0.2) is 0 Å². The van der Waals surface area contributed by atoms with E-state index in [9.17, 15) is 13.5 Å². The smallest absolute Gasteiger partial charge is 0.246 e. The molecule has 0 bridgehead atoms. The van der Waals surface area contributed by atoms with Crippen molar-refractivity contribution in [1.29, 1.82) is 0 Å². The number of hydrogen-bond donors (Lipinski definition) is 1. The number of aromatic nitrogens is 2. The van der Waals surface area contributed by atoms with E-state index in [1.54, 1.807) is 0 Å². The lowest BCUT2D eigenvalue weighted by atomic mass is 10.3. The zero-order valence-corrected chi connectivity index (χ0v) is 9.82. The fraction of sp³-hybridized carbons (Fsp3) is 0.500. The number of nitrogens with zero attached hydrogens (tertiary/aromatic N) is 3. The van der Waals surface area contributed by atoms with Gasteiger partial charge in [0.25, 0.3) is 0 Å². The maximum absolute atomic E-state index is 12.0. The van der Waals surface area contributed by atoms with E-state index in [1.165, 1.54) is 4.31 Å². The molecule has 1 unspecified atom stereocenters. The molecule has 0 aromatic carbocycles. The van der Waals surface area contributed by atoms with E-state index in [-0.39, 0.29) is 16.7 Å². The Hall–Kier alpha value is -0.760. The highest BCUT2D eigenvalue weighted by atomic mass is 35.5. The van der Waals surface area contributed by atoms with E-state index >= 15 is 0 Å². The number of aliphatic hydroxyl groups is 1. The van der Waals surface area contributed by atoms with E-state index < -0.39 is 16.1 Å². The van der Waals surface area contributed by atoms with E-state index in [4.69, 9.17) is 11.6 Å². The fourth-order valence-corrected chi connectivity index (χ4v) is 2.99. The minimum absolute atomic E-state index is 0.000377. The van der Waals surface area contributed by atoms with Crippen molar-refractivity contribution in [3.8, 4) is 0 Å². The summed E-state index contributed by atoms with van der Waals surface area (Å²) in [5.41, 5.74) is 0. The molecule has 16 heavy (non-hydrogen) atoms. The van der Waals surface area contributed by atoms with Crippen molar-refractivity contribution in [2.45, 2.75) is 17.4 Å². The molecule has 6 nitrogen and oxygen atoms in total. The normalized spacial score (nSPS) is 22.5. The SMILES string of the molecule is O=S(=O)(c1cnc(Cl)nc1)N1CCC(O)C1. The van der Waals surface area contributed by atoms with Gasteiger partial charge in [-0.05, 0) is 18.0 Å². The van der Waals surface area contributed by atoms with Gasteiger partial charge in [-0.3, -0.25) is 0 Å².